The zero-order valence-electron chi connectivity index (χ0n) is 14.9. The van der Waals surface area contributed by atoms with Gasteiger partial charge in [-0.15, -0.1) is 11.8 Å². The van der Waals surface area contributed by atoms with Gasteiger partial charge in [-0.25, -0.2) is 0 Å². The number of rotatable bonds is 4. The summed E-state index contributed by atoms with van der Waals surface area (Å²) in [5, 5.41) is 0. The highest BCUT2D eigenvalue weighted by Crippen LogP contribution is 2.46. The van der Waals surface area contributed by atoms with Gasteiger partial charge in [0.05, 0.1) is 23.2 Å². The molecule has 0 bridgehead atoms. The van der Waals surface area contributed by atoms with E-state index >= 15 is 0 Å². The molecule has 1 aromatic heterocycles. The molecule has 2 fully saturated rings. The molecular weight excluding hydrogens is 332 g/mol. The van der Waals surface area contributed by atoms with Gasteiger partial charge in [0.15, 0.2) is 0 Å². The zero-order chi connectivity index (χ0) is 17.3. The minimum Gasteiger partial charge on any atom is -0.371 e. The second-order valence-electron chi connectivity index (χ2n) is 7.54. The number of allylic oxidation sites excluding steroid dienone is 1. The number of likely N-dealkylation sites (tertiary alicyclic amines) is 1. The molecule has 0 radical (unpaired) electrons. The first-order valence-electron chi connectivity index (χ1n) is 9.30. The fourth-order valence-electron chi connectivity index (χ4n) is 4.04. The molecule has 0 unspecified atom stereocenters. The lowest BCUT2D eigenvalue weighted by Crippen LogP contribution is -2.61. The average Bonchev–Trinajstić information content (AvgIpc) is 3.04. The van der Waals surface area contributed by atoms with Crippen LogP contribution < -0.4 is 0 Å². The number of carbonyl (C=O) groups is 1. The molecule has 1 amide bonds. The van der Waals surface area contributed by atoms with Crippen molar-refractivity contribution in [1.82, 2.24) is 9.88 Å². The van der Waals surface area contributed by atoms with E-state index in [9.17, 15) is 4.79 Å². The number of aryl methyl sites for hydroxylation is 1. The van der Waals surface area contributed by atoms with Gasteiger partial charge in [-0.2, -0.15) is 0 Å². The summed E-state index contributed by atoms with van der Waals surface area (Å²) in [5.74, 6) is 1.30. The van der Waals surface area contributed by atoms with E-state index in [1.54, 1.807) is 0 Å². The van der Waals surface area contributed by atoms with Gasteiger partial charge in [0.1, 0.15) is 0 Å². The molecule has 0 aromatic carbocycles. The summed E-state index contributed by atoms with van der Waals surface area (Å²) in [7, 11) is 0. The summed E-state index contributed by atoms with van der Waals surface area (Å²) in [4.78, 5) is 19.1. The largest absolute Gasteiger partial charge is 0.371 e. The van der Waals surface area contributed by atoms with Crippen molar-refractivity contribution in [1.29, 1.82) is 0 Å². The number of nitrogens with zero attached hydrogens (tertiary/aromatic N) is 2. The molecule has 1 aromatic rings. The first kappa shape index (κ1) is 17.1. The number of thioether (sulfide) groups is 1. The Balaban J connectivity index is 1.26. The fraction of sp³-hybridized carbons (Fsp3) is 0.600. The fourth-order valence-corrected chi connectivity index (χ4v) is 5.59. The summed E-state index contributed by atoms with van der Waals surface area (Å²) in [6, 6.07) is 6.05. The third-order valence-electron chi connectivity index (χ3n) is 5.40. The molecule has 1 spiro atoms. The zero-order valence-corrected chi connectivity index (χ0v) is 15.7. The van der Waals surface area contributed by atoms with Crippen LogP contribution in [0, 0.1) is 6.92 Å². The van der Waals surface area contributed by atoms with Crippen LogP contribution in [0.15, 0.2) is 29.8 Å². The van der Waals surface area contributed by atoms with E-state index < -0.39 is 0 Å². The molecule has 25 heavy (non-hydrogen) atoms. The highest BCUT2D eigenvalue weighted by Gasteiger charge is 2.51. The molecule has 2 saturated heterocycles. The molecule has 134 valence electrons. The maximum Gasteiger partial charge on any atom is 0.249 e. The molecule has 0 N–H and O–H groups in total. The third kappa shape index (κ3) is 3.77. The molecule has 2 aliphatic heterocycles. The lowest BCUT2D eigenvalue weighted by molar-refractivity contribution is -0.132. The Morgan fingerprint density at radius 3 is 3.04 bits per heavy atom. The van der Waals surface area contributed by atoms with Crippen molar-refractivity contribution < 1.29 is 9.53 Å². The van der Waals surface area contributed by atoms with Crippen LogP contribution in [0.4, 0.5) is 0 Å². The number of amides is 1. The summed E-state index contributed by atoms with van der Waals surface area (Å²) in [6.45, 7) is 4.36. The molecule has 4 nitrogen and oxygen atoms in total. The van der Waals surface area contributed by atoms with Crippen LogP contribution in [0.5, 0.6) is 0 Å². The standard InChI is InChI=1S/C20H26N2O2S/c1-15-6-5-9-17(21-15)11-24-18-10-20(25-12-18)13-22(14-20)19(23)16-7-3-2-4-8-16/h5-7,9,18H,2-4,8,10-14H2,1H3/t18-/m0/s1. The minimum absolute atomic E-state index is 0.232. The van der Waals surface area contributed by atoms with Crippen LogP contribution in [0.25, 0.3) is 0 Å². The predicted molar refractivity (Wildman–Crippen MR) is 100 cm³/mol. The Morgan fingerprint density at radius 1 is 1.40 bits per heavy atom. The molecule has 5 heteroatoms. The van der Waals surface area contributed by atoms with Crippen LogP contribution in [0.2, 0.25) is 0 Å². The van der Waals surface area contributed by atoms with Crippen LogP contribution >= 0.6 is 11.8 Å². The van der Waals surface area contributed by atoms with Crippen LogP contribution in [0.1, 0.15) is 43.5 Å². The average molecular weight is 359 g/mol. The van der Waals surface area contributed by atoms with E-state index in [0.29, 0.717) is 6.61 Å². The topological polar surface area (TPSA) is 42.4 Å². The van der Waals surface area contributed by atoms with E-state index in [1.165, 1.54) is 6.42 Å². The van der Waals surface area contributed by atoms with Crippen molar-refractivity contribution >= 4 is 17.7 Å². The van der Waals surface area contributed by atoms with Gasteiger partial charge in [-0.05, 0) is 51.2 Å². The summed E-state index contributed by atoms with van der Waals surface area (Å²) in [6.07, 6.45) is 7.90. The van der Waals surface area contributed by atoms with Crippen molar-refractivity contribution in [2.75, 3.05) is 18.8 Å². The Bertz CT molecular complexity index is 682. The molecule has 1 aliphatic carbocycles. The summed E-state index contributed by atoms with van der Waals surface area (Å²) >= 11 is 1.99. The van der Waals surface area contributed by atoms with Gasteiger partial charge in [-0.3, -0.25) is 9.78 Å². The Morgan fingerprint density at radius 2 is 2.28 bits per heavy atom. The lowest BCUT2D eigenvalue weighted by atomic mass is 9.90. The molecule has 3 heterocycles. The second kappa shape index (κ2) is 7.12. The third-order valence-corrected chi connectivity index (χ3v) is 6.97. The van der Waals surface area contributed by atoms with Crippen LogP contribution in [-0.4, -0.2) is 45.5 Å². The molecule has 3 aliphatic rings. The van der Waals surface area contributed by atoms with Crippen LogP contribution in [0.3, 0.4) is 0 Å². The van der Waals surface area contributed by atoms with Crippen molar-refractivity contribution in [3.63, 3.8) is 0 Å². The van der Waals surface area contributed by atoms with E-state index in [1.807, 2.05) is 41.8 Å². The van der Waals surface area contributed by atoms with E-state index in [0.717, 1.165) is 61.5 Å². The number of hydrogen-bond donors (Lipinski definition) is 0. The highest BCUT2D eigenvalue weighted by atomic mass is 32.2. The van der Waals surface area contributed by atoms with E-state index in [2.05, 4.69) is 11.1 Å². The molecular formula is C20H26N2O2S. The lowest BCUT2D eigenvalue weighted by Gasteiger charge is -2.48. The van der Waals surface area contributed by atoms with Crippen LogP contribution in [-0.2, 0) is 16.1 Å². The van der Waals surface area contributed by atoms with E-state index in [4.69, 9.17) is 4.74 Å². The maximum absolute atomic E-state index is 12.6. The number of pyridine rings is 1. The number of ether oxygens (including phenoxy) is 1. The second-order valence-corrected chi connectivity index (χ2v) is 9.03. The SMILES string of the molecule is Cc1cccc(CO[C@@H]2CSC3(C2)CN(C(=O)C2=CCCCC2)C3)n1. The maximum atomic E-state index is 12.6. The normalized spacial score (nSPS) is 24.9. The van der Waals surface area contributed by atoms with Crippen molar-refractivity contribution in [3.05, 3.63) is 41.2 Å². The monoisotopic (exact) mass is 358 g/mol. The van der Waals surface area contributed by atoms with Crippen molar-refractivity contribution in [3.8, 4) is 0 Å². The van der Waals surface area contributed by atoms with Gasteiger partial charge < -0.3 is 9.64 Å². The number of carbonyl (C=O) groups excluding carboxylic acids is 1. The van der Waals surface area contributed by atoms with Gasteiger partial charge in [0, 0.05) is 30.1 Å². The predicted octanol–water partition coefficient (Wildman–Crippen LogP) is 3.49. The first-order chi connectivity index (χ1) is 12.1. The van der Waals surface area contributed by atoms with Gasteiger partial charge in [0.25, 0.3) is 0 Å². The molecule has 0 saturated carbocycles. The van der Waals surface area contributed by atoms with Crippen molar-refractivity contribution in [2.24, 2.45) is 0 Å². The van der Waals surface area contributed by atoms with E-state index in [-0.39, 0.29) is 16.8 Å². The van der Waals surface area contributed by atoms with Gasteiger partial charge in [-0.1, -0.05) is 12.1 Å². The Labute approximate surface area is 154 Å². The summed E-state index contributed by atoms with van der Waals surface area (Å²) in [5.41, 5.74) is 3.08. The minimum atomic E-state index is 0.232. The smallest absolute Gasteiger partial charge is 0.249 e. The number of hydrogen-bond acceptors (Lipinski definition) is 4. The first-order valence-corrected chi connectivity index (χ1v) is 10.3. The van der Waals surface area contributed by atoms with Gasteiger partial charge in [0.2, 0.25) is 5.91 Å². The Hall–Kier alpha value is -1.33. The van der Waals surface area contributed by atoms with Gasteiger partial charge >= 0.3 is 0 Å². The quantitative estimate of drug-likeness (QED) is 0.826. The highest BCUT2D eigenvalue weighted by molar-refractivity contribution is 8.01. The number of aromatic nitrogens is 1. The van der Waals surface area contributed by atoms with Crippen molar-refractivity contribution in [2.45, 2.75) is 56.5 Å². The molecule has 4 rings (SSSR count). The molecule has 1 atom stereocenters. The Kier molecular flexibility index (Phi) is 4.87. The summed E-state index contributed by atoms with van der Waals surface area (Å²) < 4.78 is 6.32.